The van der Waals surface area contributed by atoms with Gasteiger partial charge < -0.3 is 20.3 Å². The van der Waals surface area contributed by atoms with Crippen LogP contribution in [0.5, 0.6) is 0 Å². The number of carbonyl (C=O) groups is 1. The van der Waals surface area contributed by atoms with Crippen molar-refractivity contribution < 1.29 is 9.53 Å². The number of piperidine rings is 1. The predicted octanol–water partition coefficient (Wildman–Crippen LogP) is 2.11. The standard InChI is InChI=1S/C16H31N3O2/c1-11-10-21-12(2)9-19(11)14(20)17-13-7-15(3,4)18-16(5,6)8-13/h11-13,18H,7-10H2,1-6H3,(H,17,20). The lowest BCUT2D eigenvalue weighted by atomic mass is 9.79. The lowest BCUT2D eigenvalue weighted by Crippen LogP contribution is -2.64. The van der Waals surface area contributed by atoms with Gasteiger partial charge in [0.2, 0.25) is 0 Å². The molecule has 5 nitrogen and oxygen atoms in total. The maximum Gasteiger partial charge on any atom is 0.318 e. The number of hydrogen-bond donors (Lipinski definition) is 2. The number of nitrogens with one attached hydrogen (secondary N) is 2. The summed E-state index contributed by atoms with van der Waals surface area (Å²) in [6.07, 6.45) is 2.03. The molecule has 21 heavy (non-hydrogen) atoms. The van der Waals surface area contributed by atoms with E-state index in [9.17, 15) is 4.79 Å². The molecular formula is C16H31N3O2. The quantitative estimate of drug-likeness (QED) is 0.779. The van der Waals surface area contributed by atoms with Crippen molar-refractivity contribution in [2.24, 2.45) is 0 Å². The molecule has 2 aliphatic rings. The zero-order valence-electron chi connectivity index (χ0n) is 14.3. The summed E-state index contributed by atoms with van der Waals surface area (Å²) in [5.74, 6) is 0. The van der Waals surface area contributed by atoms with Crippen LogP contribution in [0.25, 0.3) is 0 Å². The molecule has 0 saturated carbocycles. The first kappa shape index (κ1) is 16.6. The average Bonchev–Trinajstić information content (AvgIpc) is 2.27. The minimum atomic E-state index is 0.0453. The maximum atomic E-state index is 12.6. The number of carbonyl (C=O) groups excluding carboxylic acids is 1. The van der Waals surface area contributed by atoms with Crippen LogP contribution in [0.2, 0.25) is 0 Å². The van der Waals surface area contributed by atoms with Gasteiger partial charge in [0.25, 0.3) is 0 Å². The van der Waals surface area contributed by atoms with Crippen LogP contribution in [0, 0.1) is 0 Å². The third kappa shape index (κ3) is 4.33. The van der Waals surface area contributed by atoms with Gasteiger partial charge in [-0.05, 0) is 54.4 Å². The van der Waals surface area contributed by atoms with Crippen LogP contribution >= 0.6 is 0 Å². The van der Waals surface area contributed by atoms with E-state index in [0.29, 0.717) is 13.2 Å². The molecule has 0 radical (unpaired) electrons. The summed E-state index contributed by atoms with van der Waals surface area (Å²) < 4.78 is 5.59. The van der Waals surface area contributed by atoms with Crippen molar-refractivity contribution in [1.29, 1.82) is 0 Å². The SMILES string of the molecule is CC1CN(C(=O)NC2CC(C)(C)NC(C)(C)C2)C(C)CO1. The molecule has 2 unspecified atom stereocenters. The van der Waals surface area contributed by atoms with Gasteiger partial charge in [0.15, 0.2) is 0 Å². The third-order valence-corrected chi connectivity index (χ3v) is 4.39. The van der Waals surface area contributed by atoms with Crippen LogP contribution in [-0.4, -0.2) is 53.3 Å². The summed E-state index contributed by atoms with van der Waals surface area (Å²) in [4.78, 5) is 14.5. The Morgan fingerprint density at radius 2 is 1.76 bits per heavy atom. The molecule has 0 bridgehead atoms. The van der Waals surface area contributed by atoms with Crippen LogP contribution < -0.4 is 10.6 Å². The third-order valence-electron chi connectivity index (χ3n) is 4.39. The molecule has 0 spiro atoms. The van der Waals surface area contributed by atoms with E-state index < -0.39 is 0 Å². The van der Waals surface area contributed by atoms with Crippen LogP contribution in [-0.2, 0) is 4.74 Å². The second-order valence-electron chi connectivity index (χ2n) is 8.09. The first-order chi connectivity index (χ1) is 9.58. The summed E-state index contributed by atoms with van der Waals surface area (Å²) >= 11 is 0. The zero-order valence-corrected chi connectivity index (χ0v) is 14.3. The maximum absolute atomic E-state index is 12.6. The Morgan fingerprint density at radius 1 is 1.19 bits per heavy atom. The molecule has 0 aromatic rings. The van der Waals surface area contributed by atoms with E-state index in [1.807, 2.05) is 18.7 Å². The van der Waals surface area contributed by atoms with Crippen LogP contribution in [0.15, 0.2) is 0 Å². The Kier molecular flexibility index (Phi) is 4.54. The highest BCUT2D eigenvalue weighted by Gasteiger charge is 2.39. The fraction of sp³-hybridized carbons (Fsp3) is 0.938. The highest BCUT2D eigenvalue weighted by Crippen LogP contribution is 2.28. The molecule has 2 heterocycles. The Bertz CT molecular complexity index is 379. The average molecular weight is 297 g/mol. The molecule has 2 atom stereocenters. The Balaban J connectivity index is 1.98. The van der Waals surface area contributed by atoms with Crippen molar-refractivity contribution in [3.05, 3.63) is 0 Å². The minimum absolute atomic E-state index is 0.0453. The number of nitrogens with zero attached hydrogens (tertiary/aromatic N) is 1. The van der Waals surface area contributed by atoms with Crippen LogP contribution in [0.1, 0.15) is 54.4 Å². The molecule has 122 valence electrons. The molecule has 2 saturated heterocycles. The molecular weight excluding hydrogens is 266 g/mol. The summed E-state index contributed by atoms with van der Waals surface area (Å²) in [6.45, 7) is 14.2. The number of morpholine rings is 1. The fourth-order valence-corrected chi connectivity index (χ4v) is 3.87. The van der Waals surface area contributed by atoms with Crippen molar-refractivity contribution in [2.75, 3.05) is 13.2 Å². The Morgan fingerprint density at radius 3 is 2.33 bits per heavy atom. The summed E-state index contributed by atoms with van der Waals surface area (Å²) in [6, 6.07) is 0.411. The van der Waals surface area contributed by atoms with Crippen molar-refractivity contribution in [3.8, 4) is 0 Å². The monoisotopic (exact) mass is 297 g/mol. The number of rotatable bonds is 1. The van der Waals surface area contributed by atoms with Gasteiger partial charge in [0.05, 0.1) is 18.8 Å². The Labute approximate surface area is 128 Å². The number of ether oxygens (including phenoxy) is 1. The fourth-order valence-electron chi connectivity index (χ4n) is 3.87. The van der Waals surface area contributed by atoms with Gasteiger partial charge in [0.1, 0.15) is 0 Å². The van der Waals surface area contributed by atoms with Crippen molar-refractivity contribution in [1.82, 2.24) is 15.5 Å². The second-order valence-corrected chi connectivity index (χ2v) is 8.09. The molecule has 5 heteroatoms. The van der Waals surface area contributed by atoms with Gasteiger partial charge in [-0.1, -0.05) is 0 Å². The van der Waals surface area contributed by atoms with Gasteiger partial charge in [-0.3, -0.25) is 0 Å². The number of hydrogen-bond acceptors (Lipinski definition) is 3. The molecule has 0 aliphatic carbocycles. The van der Waals surface area contributed by atoms with Gasteiger partial charge in [-0.2, -0.15) is 0 Å². The largest absolute Gasteiger partial charge is 0.375 e. The summed E-state index contributed by atoms with van der Waals surface area (Å²) in [7, 11) is 0. The van der Waals surface area contributed by atoms with E-state index in [0.717, 1.165) is 12.8 Å². The summed E-state index contributed by atoms with van der Waals surface area (Å²) in [5.41, 5.74) is 0.0905. The van der Waals surface area contributed by atoms with Crippen LogP contribution in [0.4, 0.5) is 4.79 Å². The van der Waals surface area contributed by atoms with E-state index in [2.05, 4.69) is 38.3 Å². The molecule has 0 aromatic heterocycles. The first-order valence-electron chi connectivity index (χ1n) is 8.06. The smallest absolute Gasteiger partial charge is 0.318 e. The molecule has 2 aliphatic heterocycles. The lowest BCUT2D eigenvalue weighted by molar-refractivity contribution is -0.0326. The van der Waals surface area contributed by atoms with E-state index in [4.69, 9.17) is 4.74 Å². The molecule has 2 amide bonds. The minimum Gasteiger partial charge on any atom is -0.375 e. The molecule has 0 aromatic carbocycles. The normalized spacial score (nSPS) is 32.8. The molecule has 2 rings (SSSR count). The van der Waals surface area contributed by atoms with Crippen molar-refractivity contribution in [3.63, 3.8) is 0 Å². The topological polar surface area (TPSA) is 53.6 Å². The van der Waals surface area contributed by atoms with E-state index >= 15 is 0 Å². The van der Waals surface area contributed by atoms with Gasteiger partial charge in [-0.15, -0.1) is 0 Å². The van der Waals surface area contributed by atoms with E-state index in [1.54, 1.807) is 0 Å². The second kappa shape index (κ2) is 5.76. The van der Waals surface area contributed by atoms with E-state index in [-0.39, 0.29) is 35.3 Å². The Hall–Kier alpha value is -0.810. The van der Waals surface area contributed by atoms with Crippen molar-refractivity contribution >= 4 is 6.03 Å². The highest BCUT2D eigenvalue weighted by molar-refractivity contribution is 5.75. The van der Waals surface area contributed by atoms with E-state index in [1.165, 1.54) is 0 Å². The zero-order chi connectivity index (χ0) is 15.8. The lowest BCUT2D eigenvalue weighted by Gasteiger charge is -2.47. The summed E-state index contributed by atoms with van der Waals surface area (Å²) in [5, 5.41) is 6.89. The van der Waals surface area contributed by atoms with Crippen LogP contribution in [0.3, 0.4) is 0 Å². The first-order valence-corrected chi connectivity index (χ1v) is 8.06. The van der Waals surface area contributed by atoms with Crippen molar-refractivity contribution in [2.45, 2.75) is 83.6 Å². The van der Waals surface area contributed by atoms with Gasteiger partial charge in [-0.25, -0.2) is 4.79 Å². The predicted molar refractivity (Wildman–Crippen MR) is 84.4 cm³/mol. The number of amides is 2. The number of urea groups is 1. The van der Waals surface area contributed by atoms with Gasteiger partial charge in [0, 0.05) is 23.7 Å². The molecule has 2 N–H and O–H groups in total. The highest BCUT2D eigenvalue weighted by atomic mass is 16.5. The van der Waals surface area contributed by atoms with Gasteiger partial charge >= 0.3 is 6.03 Å². The molecule has 2 fully saturated rings.